The monoisotopic (exact) mass is 352 g/mol. The summed E-state index contributed by atoms with van der Waals surface area (Å²) >= 11 is 0. The average Bonchev–Trinajstić information content (AvgIpc) is 3.17. The number of rotatable bonds is 3. The molecule has 1 saturated heterocycles. The van der Waals surface area contributed by atoms with Crippen molar-refractivity contribution in [2.24, 2.45) is 0 Å². The molecule has 7 nitrogen and oxygen atoms in total. The number of nitrogens with zero attached hydrogens (tertiary/aromatic N) is 4. The Morgan fingerprint density at radius 2 is 2.12 bits per heavy atom. The number of aromatic nitrogens is 3. The Bertz CT molecular complexity index is 932. The standard InChI is InChI=1S/C19H20N4O3/c1-12(2)17-21-22-18(26-17)16-11-25-10-9-23(16)19(24)14-5-3-7-15-13(14)6-4-8-20-15/h3-8,12,16H,9-11H2,1-2H3/t16-/m1/s1. The number of carbonyl (C=O) groups excluding carboxylic acids is 1. The fourth-order valence-corrected chi connectivity index (χ4v) is 3.11. The van der Waals surface area contributed by atoms with Crippen LogP contribution in [0.2, 0.25) is 0 Å². The van der Waals surface area contributed by atoms with Crippen molar-refractivity contribution < 1.29 is 13.9 Å². The van der Waals surface area contributed by atoms with E-state index in [9.17, 15) is 4.79 Å². The van der Waals surface area contributed by atoms with Crippen molar-refractivity contribution in [3.05, 3.63) is 53.9 Å². The van der Waals surface area contributed by atoms with Gasteiger partial charge < -0.3 is 14.1 Å². The maximum absolute atomic E-state index is 13.3. The Morgan fingerprint density at radius 1 is 1.23 bits per heavy atom. The Labute approximate surface area is 151 Å². The highest BCUT2D eigenvalue weighted by molar-refractivity contribution is 6.06. The lowest BCUT2D eigenvalue weighted by atomic mass is 10.1. The van der Waals surface area contributed by atoms with Gasteiger partial charge in [0.05, 0.1) is 18.7 Å². The lowest BCUT2D eigenvalue weighted by Gasteiger charge is -2.33. The van der Waals surface area contributed by atoms with Crippen LogP contribution in [0.1, 0.15) is 47.9 Å². The Morgan fingerprint density at radius 3 is 2.92 bits per heavy atom. The zero-order valence-electron chi connectivity index (χ0n) is 14.8. The van der Waals surface area contributed by atoms with Crippen molar-refractivity contribution in [3.63, 3.8) is 0 Å². The summed E-state index contributed by atoms with van der Waals surface area (Å²) in [5, 5.41) is 9.07. The van der Waals surface area contributed by atoms with Gasteiger partial charge in [-0.3, -0.25) is 9.78 Å². The molecule has 1 fully saturated rings. The van der Waals surface area contributed by atoms with Gasteiger partial charge in [-0.15, -0.1) is 10.2 Å². The molecule has 4 rings (SSSR count). The van der Waals surface area contributed by atoms with E-state index in [1.54, 1.807) is 11.1 Å². The summed E-state index contributed by atoms with van der Waals surface area (Å²) in [6, 6.07) is 8.93. The number of carbonyl (C=O) groups is 1. The van der Waals surface area contributed by atoms with Crippen LogP contribution in [0.5, 0.6) is 0 Å². The molecule has 0 saturated carbocycles. The van der Waals surface area contributed by atoms with Crippen molar-refractivity contribution in [1.82, 2.24) is 20.1 Å². The smallest absolute Gasteiger partial charge is 0.255 e. The van der Waals surface area contributed by atoms with Crippen LogP contribution in [0, 0.1) is 0 Å². The van der Waals surface area contributed by atoms with Gasteiger partial charge in [-0.2, -0.15) is 0 Å². The van der Waals surface area contributed by atoms with Gasteiger partial charge >= 0.3 is 0 Å². The molecule has 0 bridgehead atoms. The molecule has 3 heterocycles. The van der Waals surface area contributed by atoms with Gasteiger partial charge in [0.25, 0.3) is 5.91 Å². The first-order valence-corrected chi connectivity index (χ1v) is 8.71. The molecular weight excluding hydrogens is 332 g/mol. The molecule has 0 unspecified atom stereocenters. The zero-order chi connectivity index (χ0) is 18.1. The summed E-state index contributed by atoms with van der Waals surface area (Å²) in [4.78, 5) is 19.4. The lowest BCUT2D eigenvalue weighted by Crippen LogP contribution is -2.43. The van der Waals surface area contributed by atoms with E-state index >= 15 is 0 Å². The van der Waals surface area contributed by atoms with Crippen LogP contribution in [0.15, 0.2) is 40.9 Å². The van der Waals surface area contributed by atoms with Gasteiger partial charge in [-0.25, -0.2) is 0 Å². The van der Waals surface area contributed by atoms with Gasteiger partial charge in [0.2, 0.25) is 11.8 Å². The second-order valence-corrected chi connectivity index (χ2v) is 6.60. The maximum atomic E-state index is 13.3. The number of benzene rings is 1. The highest BCUT2D eigenvalue weighted by Crippen LogP contribution is 2.28. The van der Waals surface area contributed by atoms with Crippen LogP contribution >= 0.6 is 0 Å². The van der Waals surface area contributed by atoms with Crippen LogP contribution in [0.3, 0.4) is 0 Å². The molecule has 134 valence electrons. The van der Waals surface area contributed by atoms with E-state index in [0.717, 1.165) is 10.9 Å². The predicted molar refractivity (Wildman–Crippen MR) is 94.7 cm³/mol. The van der Waals surface area contributed by atoms with Crippen LogP contribution < -0.4 is 0 Å². The number of pyridine rings is 1. The second kappa shape index (κ2) is 6.84. The van der Waals surface area contributed by atoms with Gasteiger partial charge in [-0.1, -0.05) is 26.0 Å². The van der Waals surface area contributed by atoms with Gasteiger partial charge in [-0.05, 0) is 18.2 Å². The maximum Gasteiger partial charge on any atom is 0.255 e. The van der Waals surface area contributed by atoms with Crippen molar-refractivity contribution in [1.29, 1.82) is 0 Å². The Balaban J connectivity index is 1.70. The van der Waals surface area contributed by atoms with Crippen LogP contribution in [-0.4, -0.2) is 45.7 Å². The number of hydrogen-bond acceptors (Lipinski definition) is 6. The predicted octanol–water partition coefficient (Wildman–Crippen LogP) is 2.95. The van der Waals surface area contributed by atoms with Gasteiger partial charge in [0.15, 0.2) is 0 Å². The highest BCUT2D eigenvalue weighted by Gasteiger charge is 2.34. The fourth-order valence-electron chi connectivity index (χ4n) is 3.11. The summed E-state index contributed by atoms with van der Waals surface area (Å²) in [7, 11) is 0. The summed E-state index contributed by atoms with van der Waals surface area (Å²) in [5.41, 5.74) is 1.41. The van der Waals surface area contributed by atoms with E-state index in [-0.39, 0.29) is 17.9 Å². The van der Waals surface area contributed by atoms with E-state index in [1.807, 2.05) is 44.2 Å². The number of hydrogen-bond donors (Lipinski definition) is 0. The molecule has 0 spiro atoms. The molecule has 1 aliphatic heterocycles. The minimum Gasteiger partial charge on any atom is -0.423 e. The van der Waals surface area contributed by atoms with Crippen molar-refractivity contribution >= 4 is 16.8 Å². The fraction of sp³-hybridized carbons (Fsp3) is 0.368. The van der Waals surface area contributed by atoms with Crippen LogP contribution in [0.4, 0.5) is 0 Å². The molecule has 1 amide bonds. The molecule has 2 aromatic heterocycles. The average molecular weight is 352 g/mol. The Hall–Kier alpha value is -2.80. The molecular formula is C19H20N4O3. The van der Waals surface area contributed by atoms with E-state index < -0.39 is 0 Å². The number of morpholine rings is 1. The zero-order valence-corrected chi connectivity index (χ0v) is 14.8. The first-order chi connectivity index (χ1) is 12.6. The summed E-state index contributed by atoms with van der Waals surface area (Å²) < 4.78 is 11.4. The molecule has 1 aliphatic rings. The topological polar surface area (TPSA) is 81.4 Å². The largest absolute Gasteiger partial charge is 0.423 e. The van der Waals surface area contributed by atoms with Crippen LogP contribution in [-0.2, 0) is 4.74 Å². The Kier molecular flexibility index (Phi) is 4.38. The summed E-state index contributed by atoms with van der Waals surface area (Å²) in [5.74, 6) is 1.03. The summed E-state index contributed by atoms with van der Waals surface area (Å²) in [6.07, 6.45) is 1.72. The number of fused-ring (bicyclic) bond motifs is 1. The molecule has 26 heavy (non-hydrogen) atoms. The SMILES string of the molecule is CC(C)c1nnc([C@H]2COCCN2C(=O)c2cccc3ncccc23)o1. The first-order valence-electron chi connectivity index (χ1n) is 8.71. The number of ether oxygens (including phenoxy) is 1. The minimum atomic E-state index is -0.386. The normalized spacial score (nSPS) is 17.8. The van der Waals surface area contributed by atoms with Crippen LogP contribution in [0.25, 0.3) is 10.9 Å². The molecule has 1 atom stereocenters. The van der Waals surface area contributed by atoms with E-state index in [1.165, 1.54) is 0 Å². The lowest BCUT2D eigenvalue weighted by molar-refractivity contribution is -0.0106. The third-order valence-electron chi connectivity index (χ3n) is 4.50. The molecule has 3 aromatic rings. The molecule has 7 heteroatoms. The quantitative estimate of drug-likeness (QED) is 0.721. The third-order valence-corrected chi connectivity index (χ3v) is 4.50. The van der Waals surface area contributed by atoms with Crippen molar-refractivity contribution in [2.75, 3.05) is 19.8 Å². The van der Waals surface area contributed by atoms with E-state index in [2.05, 4.69) is 15.2 Å². The molecule has 0 radical (unpaired) electrons. The van der Waals surface area contributed by atoms with Gasteiger partial charge in [0.1, 0.15) is 6.04 Å². The minimum absolute atomic E-state index is 0.0822. The molecule has 0 N–H and O–H groups in total. The van der Waals surface area contributed by atoms with E-state index in [0.29, 0.717) is 37.1 Å². The van der Waals surface area contributed by atoms with Crippen molar-refractivity contribution in [2.45, 2.75) is 25.8 Å². The summed E-state index contributed by atoms with van der Waals surface area (Å²) in [6.45, 7) is 5.27. The second-order valence-electron chi connectivity index (χ2n) is 6.60. The molecule has 0 aliphatic carbocycles. The van der Waals surface area contributed by atoms with Gasteiger partial charge in [0, 0.05) is 29.6 Å². The molecule has 1 aromatic carbocycles. The first kappa shape index (κ1) is 16.7. The van der Waals surface area contributed by atoms with E-state index in [4.69, 9.17) is 9.15 Å². The van der Waals surface area contributed by atoms with Crippen molar-refractivity contribution in [3.8, 4) is 0 Å². The third kappa shape index (κ3) is 2.94. The number of amides is 1. The highest BCUT2D eigenvalue weighted by atomic mass is 16.5.